The molecule has 0 fully saturated rings. The van der Waals surface area contributed by atoms with Crippen molar-refractivity contribution in [3.05, 3.63) is 58.6 Å². The first kappa shape index (κ1) is 16.2. The Hall–Kier alpha value is -2.21. The SMILES string of the molecule is COc1ccc(Cl)cc1/C=N/Nc1ccc(C(F)(F)F)cc1. The van der Waals surface area contributed by atoms with Gasteiger partial charge in [-0.2, -0.15) is 18.3 Å². The van der Waals surface area contributed by atoms with Crippen LogP contribution in [0.2, 0.25) is 5.02 Å². The van der Waals surface area contributed by atoms with Crippen molar-refractivity contribution >= 4 is 23.5 Å². The third kappa shape index (κ3) is 4.14. The first-order valence-electron chi connectivity index (χ1n) is 6.20. The van der Waals surface area contributed by atoms with E-state index in [1.54, 1.807) is 18.2 Å². The molecule has 1 N–H and O–H groups in total. The molecule has 2 aromatic rings. The van der Waals surface area contributed by atoms with Crippen LogP contribution in [0.15, 0.2) is 47.6 Å². The number of anilines is 1. The molecule has 0 saturated carbocycles. The van der Waals surface area contributed by atoms with Crippen LogP contribution in [0.4, 0.5) is 18.9 Å². The lowest BCUT2D eigenvalue weighted by Gasteiger charge is -2.07. The van der Waals surface area contributed by atoms with Crippen LogP contribution in [-0.4, -0.2) is 13.3 Å². The smallest absolute Gasteiger partial charge is 0.416 e. The number of benzene rings is 2. The summed E-state index contributed by atoms with van der Waals surface area (Å²) in [4.78, 5) is 0. The predicted octanol–water partition coefficient (Wildman–Crippen LogP) is 4.81. The maximum atomic E-state index is 12.4. The van der Waals surface area contributed by atoms with Crippen molar-refractivity contribution in [2.45, 2.75) is 6.18 Å². The Morgan fingerprint density at radius 1 is 1.14 bits per heavy atom. The minimum Gasteiger partial charge on any atom is -0.496 e. The number of halogens is 4. The van der Waals surface area contributed by atoms with Crippen molar-refractivity contribution in [3.8, 4) is 5.75 Å². The fourth-order valence-electron chi connectivity index (χ4n) is 1.72. The highest BCUT2D eigenvalue weighted by Crippen LogP contribution is 2.29. The van der Waals surface area contributed by atoms with Crippen molar-refractivity contribution < 1.29 is 17.9 Å². The van der Waals surface area contributed by atoms with E-state index < -0.39 is 11.7 Å². The minimum absolute atomic E-state index is 0.435. The second-order valence-electron chi connectivity index (χ2n) is 4.33. The molecule has 0 heterocycles. The Bertz CT molecular complexity index is 669. The van der Waals surface area contributed by atoms with Gasteiger partial charge in [0, 0.05) is 10.6 Å². The Balaban J connectivity index is 2.08. The molecule has 2 rings (SSSR count). The second-order valence-corrected chi connectivity index (χ2v) is 4.77. The summed E-state index contributed by atoms with van der Waals surface area (Å²) in [5, 5.41) is 4.48. The van der Waals surface area contributed by atoms with Crippen LogP contribution in [0.1, 0.15) is 11.1 Å². The summed E-state index contributed by atoms with van der Waals surface area (Å²) >= 11 is 5.89. The van der Waals surface area contributed by atoms with Gasteiger partial charge in [0.1, 0.15) is 5.75 Å². The van der Waals surface area contributed by atoms with E-state index in [1.807, 2.05) is 0 Å². The summed E-state index contributed by atoms with van der Waals surface area (Å²) < 4.78 is 42.5. The van der Waals surface area contributed by atoms with Gasteiger partial charge in [0.05, 0.1) is 24.6 Å². The number of methoxy groups -OCH3 is 1. The normalized spacial score (nSPS) is 11.7. The molecule has 0 amide bonds. The van der Waals surface area contributed by atoms with Gasteiger partial charge < -0.3 is 4.74 Å². The van der Waals surface area contributed by atoms with Gasteiger partial charge in [-0.3, -0.25) is 5.43 Å². The van der Waals surface area contributed by atoms with E-state index in [2.05, 4.69) is 10.5 Å². The largest absolute Gasteiger partial charge is 0.496 e. The monoisotopic (exact) mass is 328 g/mol. The summed E-state index contributed by atoms with van der Waals surface area (Å²) in [6.45, 7) is 0. The van der Waals surface area contributed by atoms with Gasteiger partial charge in [-0.05, 0) is 42.5 Å². The average Bonchev–Trinajstić information content (AvgIpc) is 2.47. The third-order valence-corrected chi connectivity index (χ3v) is 3.04. The highest BCUT2D eigenvalue weighted by Gasteiger charge is 2.29. The van der Waals surface area contributed by atoms with Crippen LogP contribution >= 0.6 is 11.6 Å². The van der Waals surface area contributed by atoms with Gasteiger partial charge in [-0.1, -0.05) is 11.6 Å². The number of alkyl halides is 3. The first-order chi connectivity index (χ1) is 10.4. The Labute approximate surface area is 130 Å². The molecule has 7 heteroatoms. The molecule has 0 aliphatic heterocycles. The van der Waals surface area contributed by atoms with Gasteiger partial charge in [0.15, 0.2) is 0 Å². The van der Waals surface area contributed by atoms with Crippen LogP contribution in [0.5, 0.6) is 5.75 Å². The van der Waals surface area contributed by atoms with Crippen molar-refractivity contribution in [2.24, 2.45) is 5.10 Å². The molecule has 22 heavy (non-hydrogen) atoms. The summed E-state index contributed by atoms with van der Waals surface area (Å²) in [6, 6.07) is 9.61. The first-order valence-corrected chi connectivity index (χ1v) is 6.58. The lowest BCUT2D eigenvalue weighted by atomic mass is 10.2. The third-order valence-electron chi connectivity index (χ3n) is 2.80. The summed E-state index contributed by atoms with van der Waals surface area (Å²) in [5.41, 5.74) is 3.02. The Kier molecular flexibility index (Phi) is 4.92. The molecule has 0 saturated heterocycles. The van der Waals surface area contributed by atoms with E-state index in [9.17, 15) is 13.2 Å². The molecule has 0 spiro atoms. The van der Waals surface area contributed by atoms with E-state index in [0.29, 0.717) is 22.0 Å². The van der Waals surface area contributed by atoms with E-state index in [-0.39, 0.29) is 0 Å². The molecule has 2 aromatic carbocycles. The van der Waals surface area contributed by atoms with E-state index in [4.69, 9.17) is 16.3 Å². The lowest BCUT2D eigenvalue weighted by Crippen LogP contribution is -2.04. The molecule has 0 aromatic heterocycles. The van der Waals surface area contributed by atoms with Crippen molar-refractivity contribution in [1.29, 1.82) is 0 Å². The van der Waals surface area contributed by atoms with Crippen molar-refractivity contribution in [1.82, 2.24) is 0 Å². The molecule has 0 unspecified atom stereocenters. The van der Waals surface area contributed by atoms with E-state index >= 15 is 0 Å². The minimum atomic E-state index is -4.35. The molecular formula is C15H12ClF3N2O. The number of rotatable bonds is 4. The number of hydrogen-bond donors (Lipinski definition) is 1. The average molecular weight is 329 g/mol. The lowest BCUT2D eigenvalue weighted by molar-refractivity contribution is -0.137. The zero-order valence-electron chi connectivity index (χ0n) is 11.5. The summed E-state index contributed by atoms with van der Waals surface area (Å²) in [7, 11) is 1.52. The number of hydrazone groups is 1. The molecule has 0 aliphatic rings. The van der Waals surface area contributed by atoms with Gasteiger partial charge in [0.25, 0.3) is 0 Å². The predicted molar refractivity (Wildman–Crippen MR) is 80.7 cm³/mol. The summed E-state index contributed by atoms with van der Waals surface area (Å²) in [5.74, 6) is 0.586. The molecule has 0 bridgehead atoms. The fourth-order valence-corrected chi connectivity index (χ4v) is 1.90. The van der Waals surface area contributed by atoms with Crippen molar-refractivity contribution in [3.63, 3.8) is 0 Å². The number of ether oxygens (including phenoxy) is 1. The highest BCUT2D eigenvalue weighted by atomic mass is 35.5. The molecule has 3 nitrogen and oxygen atoms in total. The van der Waals surface area contributed by atoms with Gasteiger partial charge in [-0.15, -0.1) is 0 Å². The number of nitrogens with zero attached hydrogens (tertiary/aromatic N) is 1. The van der Waals surface area contributed by atoms with Gasteiger partial charge in [0.2, 0.25) is 0 Å². The van der Waals surface area contributed by atoms with Crippen LogP contribution in [0, 0.1) is 0 Å². The maximum absolute atomic E-state index is 12.4. The quantitative estimate of drug-likeness (QED) is 0.645. The van der Waals surface area contributed by atoms with Crippen LogP contribution in [0.25, 0.3) is 0 Å². The van der Waals surface area contributed by atoms with Gasteiger partial charge >= 0.3 is 6.18 Å². The Morgan fingerprint density at radius 3 is 2.41 bits per heavy atom. The molecule has 116 valence electrons. The highest BCUT2D eigenvalue weighted by molar-refractivity contribution is 6.30. The van der Waals surface area contributed by atoms with Crippen LogP contribution in [-0.2, 0) is 6.18 Å². The van der Waals surface area contributed by atoms with E-state index in [1.165, 1.54) is 25.5 Å². The zero-order chi connectivity index (χ0) is 16.2. The Morgan fingerprint density at radius 2 is 1.82 bits per heavy atom. The molecule has 0 aliphatic carbocycles. The van der Waals surface area contributed by atoms with Crippen LogP contribution < -0.4 is 10.2 Å². The molecule has 0 atom stereocenters. The second kappa shape index (κ2) is 6.70. The van der Waals surface area contributed by atoms with E-state index in [0.717, 1.165) is 12.1 Å². The molecule has 0 radical (unpaired) electrons. The topological polar surface area (TPSA) is 33.6 Å². The van der Waals surface area contributed by atoms with Crippen LogP contribution in [0.3, 0.4) is 0 Å². The fraction of sp³-hybridized carbons (Fsp3) is 0.133. The zero-order valence-corrected chi connectivity index (χ0v) is 12.2. The maximum Gasteiger partial charge on any atom is 0.416 e. The van der Waals surface area contributed by atoms with Crippen molar-refractivity contribution in [2.75, 3.05) is 12.5 Å². The molecular weight excluding hydrogens is 317 g/mol. The standard InChI is InChI=1S/C15H12ClF3N2O/c1-22-14-7-4-12(16)8-10(14)9-20-21-13-5-2-11(3-6-13)15(17,18)19/h2-9,21H,1H3/b20-9+. The number of hydrogen-bond acceptors (Lipinski definition) is 3. The van der Waals surface area contributed by atoms with Gasteiger partial charge in [-0.25, -0.2) is 0 Å². The summed E-state index contributed by atoms with van der Waals surface area (Å²) in [6.07, 6.45) is -2.88. The number of nitrogens with one attached hydrogen (secondary N) is 1.